The highest BCUT2D eigenvalue weighted by Crippen LogP contribution is 2.21. The largest absolute Gasteiger partial charge is 0.495 e. The number of hydrogen-bond donors (Lipinski definition) is 2. The van der Waals surface area contributed by atoms with Crippen LogP contribution < -0.4 is 4.74 Å². The van der Waals surface area contributed by atoms with Crippen molar-refractivity contribution < 1.29 is 4.74 Å². The van der Waals surface area contributed by atoms with Gasteiger partial charge >= 0.3 is 0 Å². The highest BCUT2D eigenvalue weighted by atomic mass is 16.5. The fourth-order valence-corrected chi connectivity index (χ4v) is 1.70. The summed E-state index contributed by atoms with van der Waals surface area (Å²) in [7, 11) is 1.66. The van der Waals surface area contributed by atoms with Crippen LogP contribution in [-0.4, -0.2) is 29.8 Å². The number of nitrogens with zero attached hydrogens (tertiary/aromatic N) is 1. The molecule has 0 saturated carbocycles. The zero-order chi connectivity index (χ0) is 12.8. The van der Waals surface area contributed by atoms with E-state index >= 15 is 0 Å². The SMILES string of the molecule is CCCCN=Cc1ccc(-c2cc(OC)c[nH]2)[nH]1. The summed E-state index contributed by atoms with van der Waals surface area (Å²) in [5.74, 6) is 0.831. The number of aromatic nitrogens is 2. The molecule has 0 saturated heterocycles. The van der Waals surface area contributed by atoms with Crippen LogP contribution in [0.25, 0.3) is 11.4 Å². The van der Waals surface area contributed by atoms with Crippen molar-refractivity contribution in [2.24, 2.45) is 4.99 Å². The highest BCUT2D eigenvalue weighted by Gasteiger charge is 2.03. The zero-order valence-corrected chi connectivity index (χ0v) is 10.9. The molecule has 0 aromatic carbocycles. The van der Waals surface area contributed by atoms with Gasteiger partial charge in [-0.25, -0.2) is 0 Å². The molecule has 2 rings (SSSR count). The third kappa shape index (κ3) is 3.03. The highest BCUT2D eigenvalue weighted by molar-refractivity contribution is 5.79. The van der Waals surface area contributed by atoms with E-state index in [-0.39, 0.29) is 0 Å². The van der Waals surface area contributed by atoms with Gasteiger partial charge in [0, 0.05) is 25.0 Å². The second-order valence-corrected chi connectivity index (χ2v) is 4.17. The van der Waals surface area contributed by atoms with Gasteiger partial charge in [-0.1, -0.05) is 13.3 Å². The molecule has 0 aliphatic heterocycles. The molecule has 0 spiro atoms. The molecule has 18 heavy (non-hydrogen) atoms. The third-order valence-corrected chi connectivity index (χ3v) is 2.76. The zero-order valence-electron chi connectivity index (χ0n) is 10.9. The van der Waals surface area contributed by atoms with Crippen LogP contribution in [-0.2, 0) is 0 Å². The second kappa shape index (κ2) is 6.10. The predicted octanol–water partition coefficient (Wildman–Crippen LogP) is 3.24. The van der Waals surface area contributed by atoms with Crippen LogP contribution in [0.5, 0.6) is 5.75 Å². The standard InChI is InChI=1S/C14H19N3O/c1-3-4-7-15-9-11-5-6-13(17-11)14-8-12(18-2)10-16-14/h5-6,8-10,16-17H,3-4,7H2,1-2H3. The Balaban J connectivity index is 2.03. The Morgan fingerprint density at radius 1 is 1.33 bits per heavy atom. The van der Waals surface area contributed by atoms with Crippen LogP contribution in [0.3, 0.4) is 0 Å². The smallest absolute Gasteiger partial charge is 0.136 e. The molecule has 0 fully saturated rings. The average molecular weight is 245 g/mol. The fraction of sp³-hybridized carbons (Fsp3) is 0.357. The number of rotatable bonds is 6. The Morgan fingerprint density at radius 2 is 2.22 bits per heavy atom. The van der Waals surface area contributed by atoms with Gasteiger partial charge in [-0.2, -0.15) is 0 Å². The summed E-state index contributed by atoms with van der Waals surface area (Å²) in [5, 5.41) is 0. The fourth-order valence-electron chi connectivity index (χ4n) is 1.70. The van der Waals surface area contributed by atoms with Gasteiger partial charge in [0.1, 0.15) is 5.75 Å². The van der Waals surface area contributed by atoms with E-state index in [1.54, 1.807) is 7.11 Å². The number of ether oxygens (including phenoxy) is 1. The van der Waals surface area contributed by atoms with E-state index in [0.29, 0.717) is 0 Å². The number of nitrogens with one attached hydrogen (secondary N) is 2. The van der Waals surface area contributed by atoms with Gasteiger partial charge in [0.05, 0.1) is 24.2 Å². The summed E-state index contributed by atoms with van der Waals surface area (Å²) in [6.45, 7) is 3.06. The molecule has 0 amide bonds. The molecular formula is C14H19N3O. The quantitative estimate of drug-likeness (QED) is 0.595. The van der Waals surface area contributed by atoms with Crippen molar-refractivity contribution in [1.82, 2.24) is 9.97 Å². The van der Waals surface area contributed by atoms with Crippen molar-refractivity contribution in [2.45, 2.75) is 19.8 Å². The lowest BCUT2D eigenvalue weighted by atomic mass is 10.3. The Labute approximate surface area is 107 Å². The van der Waals surface area contributed by atoms with Gasteiger partial charge in [-0.05, 0) is 18.6 Å². The van der Waals surface area contributed by atoms with E-state index in [2.05, 4.69) is 21.9 Å². The third-order valence-electron chi connectivity index (χ3n) is 2.76. The number of methoxy groups -OCH3 is 1. The van der Waals surface area contributed by atoms with E-state index in [0.717, 1.165) is 35.8 Å². The minimum Gasteiger partial charge on any atom is -0.495 e. The number of aromatic amines is 2. The first-order valence-electron chi connectivity index (χ1n) is 6.25. The van der Waals surface area contributed by atoms with Crippen LogP contribution in [0.4, 0.5) is 0 Å². The van der Waals surface area contributed by atoms with Crippen LogP contribution in [0.15, 0.2) is 29.4 Å². The summed E-state index contributed by atoms with van der Waals surface area (Å²) in [5.41, 5.74) is 3.07. The van der Waals surface area contributed by atoms with Crippen molar-refractivity contribution >= 4 is 6.21 Å². The number of unbranched alkanes of at least 4 members (excludes halogenated alkanes) is 1. The Kier molecular flexibility index (Phi) is 4.23. The maximum Gasteiger partial charge on any atom is 0.136 e. The normalized spacial score (nSPS) is 11.2. The lowest BCUT2D eigenvalue weighted by Crippen LogP contribution is -1.85. The maximum atomic E-state index is 5.14. The van der Waals surface area contributed by atoms with Gasteiger partial charge in [-0.3, -0.25) is 4.99 Å². The molecule has 0 bridgehead atoms. The Bertz CT molecular complexity index is 511. The molecule has 0 unspecified atom stereocenters. The molecule has 2 heterocycles. The van der Waals surface area contributed by atoms with E-state index in [9.17, 15) is 0 Å². The molecule has 0 aliphatic rings. The molecule has 0 aliphatic carbocycles. The maximum absolute atomic E-state index is 5.14. The first-order chi connectivity index (χ1) is 8.83. The summed E-state index contributed by atoms with van der Waals surface area (Å²) in [4.78, 5) is 10.8. The molecule has 2 aromatic rings. The lowest BCUT2D eigenvalue weighted by molar-refractivity contribution is 0.415. The number of hydrogen-bond acceptors (Lipinski definition) is 2. The van der Waals surface area contributed by atoms with Crippen molar-refractivity contribution in [1.29, 1.82) is 0 Å². The Morgan fingerprint density at radius 3 is 2.94 bits per heavy atom. The number of aliphatic imine (C=N–C) groups is 1. The van der Waals surface area contributed by atoms with E-state index in [4.69, 9.17) is 4.74 Å². The van der Waals surface area contributed by atoms with Gasteiger partial charge < -0.3 is 14.7 Å². The average Bonchev–Trinajstić information content (AvgIpc) is 3.03. The summed E-state index contributed by atoms with van der Waals surface area (Å²) >= 11 is 0. The first-order valence-corrected chi connectivity index (χ1v) is 6.25. The van der Waals surface area contributed by atoms with E-state index < -0.39 is 0 Å². The van der Waals surface area contributed by atoms with Crippen molar-refractivity contribution in [3.05, 3.63) is 30.1 Å². The van der Waals surface area contributed by atoms with Crippen molar-refractivity contribution in [3.63, 3.8) is 0 Å². The van der Waals surface area contributed by atoms with E-state index in [1.165, 1.54) is 6.42 Å². The molecule has 0 atom stereocenters. The summed E-state index contributed by atoms with van der Waals surface area (Å²) < 4.78 is 5.14. The topological polar surface area (TPSA) is 53.2 Å². The van der Waals surface area contributed by atoms with E-state index in [1.807, 2.05) is 30.6 Å². The van der Waals surface area contributed by atoms with Gasteiger partial charge in [0.15, 0.2) is 0 Å². The van der Waals surface area contributed by atoms with Crippen molar-refractivity contribution in [2.75, 3.05) is 13.7 Å². The minimum atomic E-state index is 0.831. The molecule has 4 heteroatoms. The molecular weight excluding hydrogens is 226 g/mol. The lowest BCUT2D eigenvalue weighted by Gasteiger charge is -1.92. The molecule has 96 valence electrons. The summed E-state index contributed by atoms with van der Waals surface area (Å²) in [6, 6.07) is 6.02. The monoisotopic (exact) mass is 245 g/mol. The molecule has 2 aromatic heterocycles. The van der Waals surface area contributed by atoms with Crippen LogP contribution in [0.1, 0.15) is 25.5 Å². The second-order valence-electron chi connectivity index (χ2n) is 4.17. The van der Waals surface area contributed by atoms with Gasteiger partial charge in [0.25, 0.3) is 0 Å². The predicted molar refractivity (Wildman–Crippen MR) is 74.5 cm³/mol. The van der Waals surface area contributed by atoms with Crippen LogP contribution in [0, 0.1) is 0 Å². The molecule has 0 radical (unpaired) electrons. The molecule has 2 N–H and O–H groups in total. The van der Waals surface area contributed by atoms with Gasteiger partial charge in [0.2, 0.25) is 0 Å². The van der Waals surface area contributed by atoms with Crippen LogP contribution in [0.2, 0.25) is 0 Å². The summed E-state index contributed by atoms with van der Waals surface area (Å²) in [6.07, 6.45) is 6.04. The van der Waals surface area contributed by atoms with Crippen molar-refractivity contribution in [3.8, 4) is 17.1 Å². The molecule has 4 nitrogen and oxygen atoms in total. The minimum absolute atomic E-state index is 0.831. The number of H-pyrrole nitrogens is 2. The first kappa shape index (κ1) is 12.5. The van der Waals surface area contributed by atoms with Gasteiger partial charge in [-0.15, -0.1) is 0 Å². The van der Waals surface area contributed by atoms with Crippen LogP contribution >= 0.6 is 0 Å². The Hall–Kier alpha value is -1.97.